The van der Waals surface area contributed by atoms with Gasteiger partial charge in [-0.25, -0.2) is 9.78 Å². The number of amides is 3. The van der Waals surface area contributed by atoms with Crippen molar-refractivity contribution >= 4 is 29.7 Å². The molecule has 0 saturated heterocycles. The Labute approximate surface area is 223 Å². The van der Waals surface area contributed by atoms with E-state index in [0.717, 1.165) is 0 Å². The van der Waals surface area contributed by atoms with Gasteiger partial charge in [-0.3, -0.25) is 19.4 Å². The molecule has 5 atom stereocenters. The fraction of sp³-hybridized carbons (Fsp3) is 0.667. The highest BCUT2D eigenvalue weighted by Crippen LogP contribution is 2.12. The molecule has 214 valence electrons. The van der Waals surface area contributed by atoms with E-state index in [-0.39, 0.29) is 30.6 Å². The highest BCUT2D eigenvalue weighted by molar-refractivity contribution is 5.94. The van der Waals surface area contributed by atoms with Gasteiger partial charge in [-0.15, -0.1) is 0 Å². The molecule has 0 bridgehead atoms. The maximum Gasteiger partial charge on any atom is 0.326 e. The molecule has 11 N–H and O–H groups in total. The third-order valence-electron chi connectivity index (χ3n) is 6.03. The molecule has 0 aliphatic carbocycles. The van der Waals surface area contributed by atoms with Crippen LogP contribution in [-0.4, -0.2) is 75.4 Å². The van der Waals surface area contributed by atoms with Crippen molar-refractivity contribution in [1.29, 1.82) is 0 Å². The third kappa shape index (κ3) is 11.6. The maximum atomic E-state index is 13.3. The van der Waals surface area contributed by atoms with Crippen LogP contribution >= 0.6 is 0 Å². The first-order valence-electron chi connectivity index (χ1n) is 12.8. The molecule has 1 rings (SSSR count). The fourth-order valence-corrected chi connectivity index (χ4v) is 3.67. The highest BCUT2D eigenvalue weighted by Gasteiger charge is 2.32. The summed E-state index contributed by atoms with van der Waals surface area (Å²) in [6.07, 6.45) is 4.51. The van der Waals surface area contributed by atoms with Gasteiger partial charge in [0.15, 0.2) is 5.96 Å². The van der Waals surface area contributed by atoms with E-state index >= 15 is 0 Å². The van der Waals surface area contributed by atoms with Gasteiger partial charge in [-0.05, 0) is 31.1 Å². The van der Waals surface area contributed by atoms with E-state index in [1.165, 1.54) is 12.5 Å². The van der Waals surface area contributed by atoms with Crippen LogP contribution < -0.4 is 33.2 Å². The van der Waals surface area contributed by atoms with Crippen LogP contribution in [0.4, 0.5) is 0 Å². The lowest BCUT2D eigenvalue weighted by atomic mass is 9.96. The smallest absolute Gasteiger partial charge is 0.326 e. The number of aliphatic carboxylic acids is 1. The summed E-state index contributed by atoms with van der Waals surface area (Å²) in [5.74, 6) is -3.22. The first kappa shape index (κ1) is 32.3. The molecule has 5 unspecified atom stereocenters. The van der Waals surface area contributed by atoms with Crippen molar-refractivity contribution in [2.24, 2.45) is 34.0 Å². The van der Waals surface area contributed by atoms with Gasteiger partial charge in [0.2, 0.25) is 17.7 Å². The number of aromatic amines is 1. The predicted octanol–water partition coefficient (Wildman–Crippen LogP) is -1.04. The summed E-state index contributed by atoms with van der Waals surface area (Å²) >= 11 is 0. The Kier molecular flexibility index (Phi) is 13.8. The molecule has 38 heavy (non-hydrogen) atoms. The Bertz CT molecular complexity index is 932. The van der Waals surface area contributed by atoms with Gasteiger partial charge in [-0.1, -0.05) is 34.1 Å². The van der Waals surface area contributed by atoms with Crippen LogP contribution in [0.3, 0.4) is 0 Å². The highest BCUT2D eigenvalue weighted by atomic mass is 16.4. The zero-order valence-electron chi connectivity index (χ0n) is 22.6. The zero-order valence-corrected chi connectivity index (χ0v) is 22.6. The molecule has 0 aliphatic heterocycles. The number of hydrogen-bond acceptors (Lipinski definition) is 7. The molecule has 14 heteroatoms. The van der Waals surface area contributed by atoms with E-state index in [1.54, 1.807) is 6.92 Å². The Balaban J connectivity index is 2.93. The number of carbonyl (C=O) groups excluding carboxylic acids is 3. The molecule has 0 fully saturated rings. The molecule has 0 saturated carbocycles. The second-order valence-electron chi connectivity index (χ2n) is 9.80. The van der Waals surface area contributed by atoms with Crippen molar-refractivity contribution in [2.45, 2.75) is 84.0 Å². The van der Waals surface area contributed by atoms with Crippen LogP contribution in [-0.2, 0) is 25.6 Å². The SMILES string of the molecule is CCC(C)C(NC(=O)C(N)CCCN=C(N)N)C(=O)NC(CC(C)C)C(=O)NC(Cc1cnc[nH]1)C(=O)O. The number of nitrogens with zero attached hydrogens (tertiary/aromatic N) is 2. The molecule has 0 aromatic carbocycles. The number of carbonyl (C=O) groups is 4. The van der Waals surface area contributed by atoms with E-state index in [0.29, 0.717) is 31.5 Å². The summed E-state index contributed by atoms with van der Waals surface area (Å²) in [7, 11) is 0. The molecular weight excluding hydrogens is 494 g/mol. The molecular formula is C24H43N9O5. The molecule has 0 radical (unpaired) electrons. The molecule has 14 nitrogen and oxygen atoms in total. The summed E-state index contributed by atoms with van der Waals surface area (Å²) in [4.78, 5) is 61.4. The molecule has 1 aromatic heterocycles. The fourth-order valence-electron chi connectivity index (χ4n) is 3.67. The van der Waals surface area contributed by atoms with Crippen molar-refractivity contribution in [3.63, 3.8) is 0 Å². The normalized spacial score (nSPS) is 15.0. The standard InChI is InChI=1S/C24H43N9O5/c1-5-14(4)19(33-20(34)16(25)7-6-8-29-24(26)27)22(36)31-17(9-13(2)3)21(35)32-18(23(37)38)10-15-11-28-12-30-15/h11-14,16-19H,5-10,25H2,1-4H3,(H,28,30)(H,31,36)(H,32,35)(H,33,34)(H,37,38)(H4,26,27,29). The minimum absolute atomic E-state index is 0.00393. The van der Waals surface area contributed by atoms with Gasteiger partial charge in [0.05, 0.1) is 12.4 Å². The number of aromatic nitrogens is 2. The minimum atomic E-state index is -1.23. The van der Waals surface area contributed by atoms with Crippen LogP contribution in [0.1, 0.15) is 59.1 Å². The van der Waals surface area contributed by atoms with E-state index in [9.17, 15) is 24.3 Å². The first-order chi connectivity index (χ1) is 17.8. The van der Waals surface area contributed by atoms with Gasteiger partial charge in [0, 0.05) is 24.9 Å². The summed E-state index contributed by atoms with van der Waals surface area (Å²) in [5, 5.41) is 17.5. The van der Waals surface area contributed by atoms with Crippen molar-refractivity contribution in [3.05, 3.63) is 18.2 Å². The molecule has 1 heterocycles. The Morgan fingerprint density at radius 2 is 1.71 bits per heavy atom. The summed E-state index contributed by atoms with van der Waals surface area (Å²) in [6.45, 7) is 7.75. The van der Waals surface area contributed by atoms with Crippen molar-refractivity contribution in [3.8, 4) is 0 Å². The molecule has 0 aliphatic rings. The quantitative estimate of drug-likeness (QED) is 0.0686. The predicted molar refractivity (Wildman–Crippen MR) is 143 cm³/mol. The van der Waals surface area contributed by atoms with Gasteiger partial charge in [-0.2, -0.15) is 0 Å². The Hall–Kier alpha value is -3.68. The molecule has 3 amide bonds. The van der Waals surface area contributed by atoms with Crippen LogP contribution in [0.2, 0.25) is 0 Å². The zero-order chi connectivity index (χ0) is 28.8. The summed E-state index contributed by atoms with van der Waals surface area (Å²) in [6, 6.07) is -4.06. The number of nitrogens with two attached hydrogens (primary N) is 3. The topological polar surface area (TPSA) is 244 Å². The monoisotopic (exact) mass is 537 g/mol. The van der Waals surface area contributed by atoms with Crippen LogP contribution in [0.5, 0.6) is 0 Å². The lowest BCUT2D eigenvalue weighted by Gasteiger charge is -2.28. The number of carboxylic acids is 1. The summed E-state index contributed by atoms with van der Waals surface area (Å²) < 4.78 is 0. The minimum Gasteiger partial charge on any atom is -0.480 e. The largest absolute Gasteiger partial charge is 0.480 e. The van der Waals surface area contributed by atoms with Crippen LogP contribution in [0.15, 0.2) is 17.5 Å². The maximum absolute atomic E-state index is 13.3. The van der Waals surface area contributed by atoms with Crippen LogP contribution in [0, 0.1) is 11.8 Å². The second kappa shape index (κ2) is 16.2. The molecule has 0 spiro atoms. The van der Waals surface area contributed by atoms with E-state index in [1.807, 2.05) is 20.8 Å². The molecule has 1 aromatic rings. The first-order valence-corrected chi connectivity index (χ1v) is 12.8. The number of imidazole rings is 1. The lowest BCUT2D eigenvalue weighted by molar-refractivity contribution is -0.142. The van der Waals surface area contributed by atoms with E-state index in [4.69, 9.17) is 17.2 Å². The average molecular weight is 538 g/mol. The number of rotatable bonds is 17. The number of guanidine groups is 1. The van der Waals surface area contributed by atoms with Crippen molar-refractivity contribution < 1.29 is 24.3 Å². The van der Waals surface area contributed by atoms with Crippen molar-refractivity contribution in [2.75, 3.05) is 6.54 Å². The van der Waals surface area contributed by atoms with Gasteiger partial charge >= 0.3 is 5.97 Å². The Morgan fingerprint density at radius 1 is 1.05 bits per heavy atom. The number of aliphatic imine (C=N–C) groups is 1. The van der Waals surface area contributed by atoms with Gasteiger partial charge in [0.1, 0.15) is 18.1 Å². The average Bonchev–Trinajstić information content (AvgIpc) is 3.36. The number of carboxylic acid groups (broad SMARTS) is 1. The number of hydrogen-bond donors (Lipinski definition) is 8. The lowest BCUT2D eigenvalue weighted by Crippen LogP contribution is -2.59. The third-order valence-corrected chi connectivity index (χ3v) is 6.03. The Morgan fingerprint density at radius 3 is 2.24 bits per heavy atom. The number of nitrogens with one attached hydrogen (secondary N) is 4. The van der Waals surface area contributed by atoms with Crippen molar-refractivity contribution in [1.82, 2.24) is 25.9 Å². The van der Waals surface area contributed by atoms with Gasteiger partial charge < -0.3 is 43.2 Å². The number of H-pyrrole nitrogens is 1. The second-order valence-corrected chi connectivity index (χ2v) is 9.80. The van der Waals surface area contributed by atoms with E-state index < -0.39 is 47.9 Å². The van der Waals surface area contributed by atoms with E-state index in [2.05, 4.69) is 30.9 Å². The van der Waals surface area contributed by atoms with Crippen LogP contribution in [0.25, 0.3) is 0 Å². The summed E-state index contributed by atoms with van der Waals surface area (Å²) in [5.41, 5.74) is 17.1. The van der Waals surface area contributed by atoms with Gasteiger partial charge in [0.25, 0.3) is 0 Å².